The number of benzene rings is 1. The Hall–Kier alpha value is -0.850. The van der Waals surface area contributed by atoms with Gasteiger partial charge in [0.2, 0.25) is 0 Å². The minimum absolute atomic E-state index is 0.0807. The minimum atomic E-state index is -3.85. The van der Waals surface area contributed by atoms with Crippen LogP contribution in [-0.2, 0) is 18.5 Å². The fourth-order valence-electron chi connectivity index (χ4n) is 3.13. The van der Waals surface area contributed by atoms with E-state index in [9.17, 15) is 13.2 Å². The summed E-state index contributed by atoms with van der Waals surface area (Å²) in [5.41, 5.74) is 0.998. The number of aryl methyl sites for hydroxylation is 1. The molecular weight excluding hydrogens is 344 g/mol. The van der Waals surface area contributed by atoms with Crippen LogP contribution in [0.1, 0.15) is 51.0 Å². The molecule has 24 heavy (non-hydrogen) atoms. The highest BCUT2D eigenvalue weighted by atomic mass is 32.3. The molecule has 1 aliphatic carbocycles. The molecule has 2 rings (SSSR count). The first-order chi connectivity index (χ1) is 11.3. The second-order valence-electron chi connectivity index (χ2n) is 6.70. The number of hydrogen-bond donors (Lipinski definition) is 0. The van der Waals surface area contributed by atoms with Crippen LogP contribution in [0.5, 0.6) is 0 Å². The van der Waals surface area contributed by atoms with Crippen molar-refractivity contribution in [2.45, 2.75) is 62.5 Å². The lowest BCUT2D eigenvalue weighted by atomic mass is 10.0. The van der Waals surface area contributed by atoms with Crippen molar-refractivity contribution < 1.29 is 16.8 Å². The smallest absolute Gasteiger partial charge is 0.299 e. The number of carbonyl (C=O) groups excluding carboxylic acids is 1. The summed E-state index contributed by atoms with van der Waals surface area (Å²) in [6.45, 7) is 3.73. The van der Waals surface area contributed by atoms with Crippen molar-refractivity contribution >= 4 is 26.2 Å². The molecule has 0 heterocycles. The standard InChI is InChI=1S/C18H28O4S2/c1-4-16(19)14-23(3,17-8-6-5-7-9-17)22-24(20,21)18-12-10-15(2)11-13-18/h10-13,17H,4-9,14H2,1-3H3. The van der Waals surface area contributed by atoms with Crippen molar-refractivity contribution in [3.05, 3.63) is 29.8 Å². The van der Waals surface area contributed by atoms with Crippen LogP contribution in [0.15, 0.2) is 29.2 Å². The molecule has 1 fully saturated rings. The molecule has 1 aromatic rings. The summed E-state index contributed by atoms with van der Waals surface area (Å²) >= 11 is 0. The van der Waals surface area contributed by atoms with Gasteiger partial charge in [-0.2, -0.15) is 8.42 Å². The largest absolute Gasteiger partial charge is 0.306 e. The van der Waals surface area contributed by atoms with Gasteiger partial charge < -0.3 is 0 Å². The third-order valence-corrected chi connectivity index (χ3v) is 10.2. The van der Waals surface area contributed by atoms with Crippen molar-refractivity contribution in [2.24, 2.45) is 0 Å². The Bertz CT molecular complexity index is 661. The normalized spacial score (nSPS) is 20.3. The van der Waals surface area contributed by atoms with E-state index in [0.29, 0.717) is 6.42 Å². The highest BCUT2D eigenvalue weighted by molar-refractivity contribution is 8.33. The van der Waals surface area contributed by atoms with Gasteiger partial charge in [-0.25, -0.2) is 3.63 Å². The van der Waals surface area contributed by atoms with E-state index in [0.717, 1.165) is 31.2 Å². The number of Topliss-reactive ketones (excluding diaryl/α,β-unsaturated/α-hetero) is 1. The van der Waals surface area contributed by atoms with Gasteiger partial charge in [0, 0.05) is 11.7 Å². The van der Waals surface area contributed by atoms with Crippen molar-refractivity contribution in [1.29, 1.82) is 0 Å². The van der Waals surface area contributed by atoms with E-state index in [2.05, 4.69) is 0 Å². The fourth-order valence-corrected chi connectivity index (χ4v) is 8.60. The predicted octanol–water partition coefficient (Wildman–Crippen LogP) is 4.36. The van der Waals surface area contributed by atoms with E-state index in [1.807, 2.05) is 20.1 Å². The van der Waals surface area contributed by atoms with E-state index in [-0.39, 0.29) is 21.7 Å². The Morgan fingerprint density at radius 3 is 2.25 bits per heavy atom. The Morgan fingerprint density at radius 1 is 1.12 bits per heavy atom. The van der Waals surface area contributed by atoms with Crippen molar-refractivity contribution in [3.8, 4) is 0 Å². The zero-order chi connectivity index (χ0) is 17.8. The Kier molecular flexibility index (Phi) is 6.51. The van der Waals surface area contributed by atoms with Gasteiger partial charge >= 0.3 is 10.1 Å². The van der Waals surface area contributed by atoms with Crippen LogP contribution in [-0.4, -0.2) is 31.5 Å². The lowest BCUT2D eigenvalue weighted by molar-refractivity contribution is -0.116. The molecule has 1 saturated carbocycles. The van der Waals surface area contributed by atoms with Crippen LogP contribution in [0, 0.1) is 6.92 Å². The molecule has 0 amide bonds. The molecule has 0 aromatic heterocycles. The molecule has 0 N–H and O–H groups in total. The maximum absolute atomic E-state index is 12.8. The van der Waals surface area contributed by atoms with Gasteiger partial charge in [-0.1, -0.05) is 43.9 Å². The summed E-state index contributed by atoms with van der Waals surface area (Å²) in [6, 6.07) is 6.68. The van der Waals surface area contributed by atoms with Crippen LogP contribution in [0.4, 0.5) is 0 Å². The summed E-state index contributed by atoms with van der Waals surface area (Å²) < 4.78 is 31.3. The van der Waals surface area contributed by atoms with E-state index in [4.69, 9.17) is 3.63 Å². The first-order valence-corrected chi connectivity index (χ1v) is 12.2. The third kappa shape index (κ3) is 4.83. The minimum Gasteiger partial charge on any atom is -0.299 e. The highest BCUT2D eigenvalue weighted by Gasteiger charge is 2.37. The summed E-state index contributed by atoms with van der Waals surface area (Å²) in [5, 5.41) is 0.182. The van der Waals surface area contributed by atoms with Crippen molar-refractivity contribution in [1.82, 2.24) is 0 Å². The number of ketones is 1. The van der Waals surface area contributed by atoms with E-state index < -0.39 is 20.4 Å². The van der Waals surface area contributed by atoms with Crippen LogP contribution < -0.4 is 0 Å². The second-order valence-corrected chi connectivity index (χ2v) is 11.7. The predicted molar refractivity (Wildman–Crippen MR) is 100 cm³/mol. The second kappa shape index (κ2) is 8.02. The van der Waals surface area contributed by atoms with Crippen molar-refractivity contribution in [2.75, 3.05) is 12.0 Å². The lowest BCUT2D eigenvalue weighted by Gasteiger charge is -2.43. The Labute approximate surface area is 147 Å². The summed E-state index contributed by atoms with van der Waals surface area (Å²) in [4.78, 5) is 12.3. The molecule has 4 nitrogen and oxygen atoms in total. The van der Waals surface area contributed by atoms with Gasteiger partial charge in [0.25, 0.3) is 0 Å². The molecule has 0 aliphatic heterocycles. The monoisotopic (exact) mass is 372 g/mol. The molecule has 6 heteroatoms. The first-order valence-electron chi connectivity index (χ1n) is 8.56. The summed E-state index contributed by atoms with van der Waals surface area (Å²) in [5.74, 6) is 0.316. The average Bonchev–Trinajstić information content (AvgIpc) is 2.55. The summed E-state index contributed by atoms with van der Waals surface area (Å²) in [6.07, 6.45) is 7.55. The molecule has 0 saturated heterocycles. The van der Waals surface area contributed by atoms with Gasteiger partial charge in [-0.15, -0.1) is 10.3 Å². The third-order valence-electron chi connectivity index (χ3n) is 4.65. The Balaban J connectivity index is 2.29. The SMILES string of the molecule is CCC(=O)CS(C)(OS(=O)(=O)c1ccc(C)cc1)C1CCCCC1. The molecular formula is C18H28O4S2. The Morgan fingerprint density at radius 2 is 1.71 bits per heavy atom. The molecule has 1 unspecified atom stereocenters. The quantitative estimate of drug-likeness (QED) is 0.713. The molecule has 0 radical (unpaired) electrons. The van der Waals surface area contributed by atoms with E-state index in [1.54, 1.807) is 24.3 Å². The van der Waals surface area contributed by atoms with Crippen LogP contribution in [0.25, 0.3) is 0 Å². The van der Waals surface area contributed by atoms with Crippen LogP contribution in [0.3, 0.4) is 0 Å². The molecule has 0 spiro atoms. The molecule has 136 valence electrons. The van der Waals surface area contributed by atoms with Gasteiger partial charge in [-0.05, 0) is 38.2 Å². The number of carbonyl (C=O) groups is 1. The average molecular weight is 373 g/mol. The molecule has 1 aliphatic rings. The van der Waals surface area contributed by atoms with Gasteiger partial charge in [-0.3, -0.25) is 4.79 Å². The van der Waals surface area contributed by atoms with Gasteiger partial charge in [0.15, 0.2) is 0 Å². The maximum atomic E-state index is 12.8. The van der Waals surface area contributed by atoms with E-state index in [1.165, 1.54) is 6.42 Å². The van der Waals surface area contributed by atoms with Gasteiger partial charge in [0.05, 0.1) is 10.6 Å². The fraction of sp³-hybridized carbons (Fsp3) is 0.611. The highest BCUT2D eigenvalue weighted by Crippen LogP contribution is 2.56. The maximum Gasteiger partial charge on any atom is 0.306 e. The summed E-state index contributed by atoms with van der Waals surface area (Å²) in [7, 11) is -5.86. The first kappa shape index (κ1) is 19.5. The zero-order valence-electron chi connectivity index (χ0n) is 14.8. The van der Waals surface area contributed by atoms with Crippen LogP contribution >= 0.6 is 10.3 Å². The number of hydrogen-bond acceptors (Lipinski definition) is 4. The van der Waals surface area contributed by atoms with Crippen molar-refractivity contribution in [3.63, 3.8) is 0 Å². The van der Waals surface area contributed by atoms with Gasteiger partial charge in [0.1, 0.15) is 5.78 Å². The topological polar surface area (TPSA) is 60.4 Å². The lowest BCUT2D eigenvalue weighted by Crippen LogP contribution is -2.29. The molecule has 1 atom stereocenters. The zero-order valence-corrected chi connectivity index (χ0v) is 16.4. The van der Waals surface area contributed by atoms with Crippen LogP contribution in [0.2, 0.25) is 0 Å². The number of rotatable bonds is 7. The molecule has 0 bridgehead atoms. The van der Waals surface area contributed by atoms with E-state index >= 15 is 0 Å². The molecule has 1 aromatic carbocycles.